The van der Waals surface area contributed by atoms with Crippen molar-refractivity contribution in [2.75, 3.05) is 0 Å². The second-order valence-corrected chi connectivity index (χ2v) is 8.99. The Bertz CT molecular complexity index is 1260. The Morgan fingerprint density at radius 1 is 1.00 bits per heavy atom. The molecule has 0 aromatic heterocycles. The van der Waals surface area contributed by atoms with E-state index in [0.717, 1.165) is 16.7 Å². The van der Waals surface area contributed by atoms with E-state index in [2.05, 4.69) is 42.4 Å². The molecular formula is C26H23N3O4S. The summed E-state index contributed by atoms with van der Waals surface area (Å²) in [6.07, 6.45) is 1.82. The maximum Gasteiger partial charge on any atom is 0.269 e. The van der Waals surface area contributed by atoms with Gasteiger partial charge in [-0.15, -0.1) is 0 Å². The van der Waals surface area contributed by atoms with E-state index in [1.54, 1.807) is 12.1 Å². The largest absolute Gasteiger partial charge is 0.489 e. The summed E-state index contributed by atoms with van der Waals surface area (Å²) in [4.78, 5) is 27.8. The molecule has 1 N–H and O–H groups in total. The van der Waals surface area contributed by atoms with Crippen molar-refractivity contribution in [1.29, 1.82) is 0 Å². The van der Waals surface area contributed by atoms with Gasteiger partial charge >= 0.3 is 0 Å². The summed E-state index contributed by atoms with van der Waals surface area (Å²) in [5.74, 6) is 0.502. The molecular weight excluding hydrogens is 450 g/mol. The lowest BCUT2D eigenvalue weighted by Crippen LogP contribution is -2.19. The quantitative estimate of drug-likeness (QED) is 0.276. The van der Waals surface area contributed by atoms with Crippen LogP contribution in [0, 0.1) is 24.0 Å². The minimum Gasteiger partial charge on any atom is -0.489 e. The van der Waals surface area contributed by atoms with Crippen LogP contribution in [0.2, 0.25) is 0 Å². The van der Waals surface area contributed by atoms with Gasteiger partial charge in [0, 0.05) is 12.1 Å². The van der Waals surface area contributed by atoms with Crippen LogP contribution in [0.4, 0.5) is 5.69 Å². The molecule has 0 aliphatic carbocycles. The zero-order valence-electron chi connectivity index (χ0n) is 18.8. The van der Waals surface area contributed by atoms with Crippen molar-refractivity contribution in [3.05, 3.63) is 110 Å². The van der Waals surface area contributed by atoms with E-state index in [1.165, 1.54) is 35.0 Å². The molecule has 7 nitrogen and oxygen atoms in total. The molecule has 0 atom stereocenters. The van der Waals surface area contributed by atoms with Gasteiger partial charge in [0.05, 0.1) is 16.4 Å². The number of aliphatic imine (C=N–C) groups is 1. The molecule has 3 aromatic rings. The van der Waals surface area contributed by atoms with E-state index in [0.29, 0.717) is 29.0 Å². The Morgan fingerprint density at radius 3 is 2.32 bits per heavy atom. The number of aryl methyl sites for hydroxylation is 2. The van der Waals surface area contributed by atoms with Crippen molar-refractivity contribution < 1.29 is 14.5 Å². The van der Waals surface area contributed by atoms with Crippen LogP contribution in [-0.4, -0.2) is 16.0 Å². The fourth-order valence-electron chi connectivity index (χ4n) is 3.52. The predicted molar refractivity (Wildman–Crippen MR) is 135 cm³/mol. The summed E-state index contributed by atoms with van der Waals surface area (Å²) in [5, 5.41) is 14.2. The Hall–Kier alpha value is -3.91. The average Bonchev–Trinajstić information content (AvgIpc) is 3.16. The van der Waals surface area contributed by atoms with Gasteiger partial charge in [0.1, 0.15) is 12.4 Å². The summed E-state index contributed by atoms with van der Waals surface area (Å²) in [7, 11) is 0. The number of thioether (sulfide) groups is 1. The number of non-ortho nitro benzene ring substituents is 1. The number of benzene rings is 3. The molecule has 0 saturated carbocycles. The fraction of sp³-hybridized carbons (Fsp3) is 0.154. The topological polar surface area (TPSA) is 93.8 Å². The summed E-state index contributed by atoms with van der Waals surface area (Å²) in [5.41, 5.74) is 5.26. The molecule has 172 valence electrons. The Balaban J connectivity index is 1.35. The maximum atomic E-state index is 12.4. The first-order chi connectivity index (χ1) is 16.4. The molecule has 0 spiro atoms. The minimum absolute atomic E-state index is 0.0495. The number of nitrogens with zero attached hydrogens (tertiary/aromatic N) is 2. The number of amides is 1. The number of amidine groups is 1. The minimum atomic E-state index is -0.430. The number of rotatable bonds is 7. The maximum absolute atomic E-state index is 12.4. The SMILES string of the molecule is Cc1cc(C)cc(CN=C2NC(=O)/C(=C/c3ccc(OCc4ccc([N+](=O)[O-])cc4)cc3)S2)c1. The molecule has 34 heavy (non-hydrogen) atoms. The summed E-state index contributed by atoms with van der Waals surface area (Å²) in [6.45, 7) is 4.93. The monoisotopic (exact) mass is 473 g/mol. The molecule has 0 radical (unpaired) electrons. The lowest BCUT2D eigenvalue weighted by molar-refractivity contribution is -0.384. The number of hydrogen-bond donors (Lipinski definition) is 1. The molecule has 1 aliphatic rings. The highest BCUT2D eigenvalue weighted by Crippen LogP contribution is 2.27. The van der Waals surface area contributed by atoms with Gasteiger partial charge in [-0.1, -0.05) is 41.5 Å². The van der Waals surface area contributed by atoms with Crippen LogP contribution in [0.5, 0.6) is 5.75 Å². The number of nitro benzene ring substituents is 1. The lowest BCUT2D eigenvalue weighted by Gasteiger charge is -2.06. The summed E-state index contributed by atoms with van der Waals surface area (Å²) < 4.78 is 5.75. The van der Waals surface area contributed by atoms with Gasteiger partial charge < -0.3 is 10.1 Å². The molecule has 1 saturated heterocycles. The third-order valence-electron chi connectivity index (χ3n) is 5.07. The molecule has 8 heteroatoms. The zero-order chi connectivity index (χ0) is 24.1. The van der Waals surface area contributed by atoms with E-state index < -0.39 is 4.92 Å². The first-order valence-electron chi connectivity index (χ1n) is 10.6. The van der Waals surface area contributed by atoms with Gasteiger partial charge in [-0.2, -0.15) is 0 Å². The van der Waals surface area contributed by atoms with E-state index in [9.17, 15) is 14.9 Å². The van der Waals surface area contributed by atoms with Crippen LogP contribution in [-0.2, 0) is 17.9 Å². The van der Waals surface area contributed by atoms with Crippen molar-refractivity contribution >= 4 is 34.6 Å². The second kappa shape index (κ2) is 10.4. The van der Waals surface area contributed by atoms with Crippen molar-refractivity contribution in [3.63, 3.8) is 0 Å². The molecule has 1 amide bonds. The number of nitrogens with one attached hydrogen (secondary N) is 1. The van der Waals surface area contributed by atoms with Gasteiger partial charge in [0.2, 0.25) is 0 Å². The van der Waals surface area contributed by atoms with Gasteiger partial charge in [0.25, 0.3) is 11.6 Å². The van der Waals surface area contributed by atoms with Crippen molar-refractivity contribution in [2.24, 2.45) is 4.99 Å². The molecule has 1 aliphatic heterocycles. The molecule has 3 aromatic carbocycles. The first-order valence-corrected chi connectivity index (χ1v) is 11.5. The lowest BCUT2D eigenvalue weighted by atomic mass is 10.1. The summed E-state index contributed by atoms with van der Waals surface area (Å²) in [6, 6.07) is 20.0. The van der Waals surface area contributed by atoms with E-state index >= 15 is 0 Å². The van der Waals surface area contributed by atoms with E-state index in [-0.39, 0.29) is 11.6 Å². The predicted octanol–water partition coefficient (Wildman–Crippen LogP) is 5.55. The Morgan fingerprint density at radius 2 is 1.68 bits per heavy atom. The molecule has 0 bridgehead atoms. The van der Waals surface area contributed by atoms with Crippen LogP contribution in [0.3, 0.4) is 0 Å². The van der Waals surface area contributed by atoms with Crippen LogP contribution in [0.1, 0.15) is 27.8 Å². The molecule has 1 heterocycles. The number of hydrogen-bond acceptors (Lipinski definition) is 6. The van der Waals surface area contributed by atoms with E-state index in [4.69, 9.17) is 4.74 Å². The standard InChI is InChI=1S/C26H23N3O4S/c1-17-11-18(2)13-21(12-17)15-27-26-28-25(30)24(34-26)14-19-5-9-23(10-6-19)33-16-20-3-7-22(8-4-20)29(31)32/h3-14H,15-16H2,1-2H3,(H,27,28,30)/b24-14-. The van der Waals surface area contributed by atoms with Crippen LogP contribution < -0.4 is 10.1 Å². The molecule has 1 fully saturated rings. The average molecular weight is 474 g/mol. The fourth-order valence-corrected chi connectivity index (χ4v) is 4.34. The van der Waals surface area contributed by atoms with Gasteiger partial charge in [-0.3, -0.25) is 19.9 Å². The number of ether oxygens (including phenoxy) is 1. The number of carbonyl (C=O) groups excluding carboxylic acids is 1. The van der Waals surface area contributed by atoms with Crippen molar-refractivity contribution in [3.8, 4) is 5.75 Å². The molecule has 4 rings (SSSR count). The van der Waals surface area contributed by atoms with E-state index in [1.807, 2.05) is 30.3 Å². The number of nitro groups is 1. The third-order valence-corrected chi connectivity index (χ3v) is 6.02. The highest BCUT2D eigenvalue weighted by atomic mass is 32.2. The van der Waals surface area contributed by atoms with Gasteiger partial charge in [-0.25, -0.2) is 0 Å². The van der Waals surface area contributed by atoms with Crippen LogP contribution >= 0.6 is 11.8 Å². The Kier molecular flexibility index (Phi) is 7.08. The smallest absolute Gasteiger partial charge is 0.269 e. The van der Waals surface area contributed by atoms with Crippen molar-refractivity contribution in [1.82, 2.24) is 5.32 Å². The van der Waals surface area contributed by atoms with Gasteiger partial charge in [-0.05, 0) is 72.6 Å². The molecule has 0 unspecified atom stereocenters. The normalized spacial score (nSPS) is 15.5. The summed E-state index contributed by atoms with van der Waals surface area (Å²) >= 11 is 1.33. The van der Waals surface area contributed by atoms with Crippen LogP contribution in [0.15, 0.2) is 76.6 Å². The number of carbonyl (C=O) groups is 1. The zero-order valence-corrected chi connectivity index (χ0v) is 19.6. The Labute approximate surface area is 201 Å². The first kappa shape index (κ1) is 23.3. The van der Waals surface area contributed by atoms with Crippen LogP contribution in [0.25, 0.3) is 6.08 Å². The third kappa shape index (κ3) is 6.11. The second-order valence-electron chi connectivity index (χ2n) is 7.96. The highest BCUT2D eigenvalue weighted by Gasteiger charge is 2.23. The van der Waals surface area contributed by atoms with Gasteiger partial charge in [0.15, 0.2) is 5.17 Å². The van der Waals surface area contributed by atoms with Crippen molar-refractivity contribution in [2.45, 2.75) is 27.0 Å². The highest BCUT2D eigenvalue weighted by molar-refractivity contribution is 8.18.